The van der Waals surface area contributed by atoms with Crippen molar-refractivity contribution in [1.29, 1.82) is 0 Å². The van der Waals surface area contributed by atoms with Crippen LogP contribution >= 0.6 is 0 Å². The molecular weight excluding hydrogens is 346 g/mol. The van der Waals surface area contributed by atoms with Crippen molar-refractivity contribution in [1.82, 2.24) is 5.43 Å². The average molecular weight is 369 g/mol. The first-order valence-corrected chi connectivity index (χ1v) is 8.68. The molecule has 2 aromatic rings. The van der Waals surface area contributed by atoms with Crippen LogP contribution < -0.4 is 10.2 Å². The quantitative estimate of drug-likeness (QED) is 0.434. The molecule has 2 rings (SSSR count). The first kappa shape index (κ1) is 20.1. The van der Waals surface area contributed by atoms with Crippen molar-refractivity contribution >= 4 is 17.8 Å². The third kappa shape index (κ3) is 5.64. The molecule has 0 saturated heterocycles. The average Bonchev–Trinajstić information content (AvgIpc) is 2.63. The summed E-state index contributed by atoms with van der Waals surface area (Å²) in [7, 11) is 0. The van der Waals surface area contributed by atoms with E-state index in [0.29, 0.717) is 11.3 Å². The zero-order valence-corrected chi connectivity index (χ0v) is 15.6. The zero-order chi connectivity index (χ0) is 19.9. The van der Waals surface area contributed by atoms with Crippen LogP contribution in [0.1, 0.15) is 38.3 Å². The van der Waals surface area contributed by atoms with E-state index in [0.717, 1.165) is 12.8 Å². The maximum atomic E-state index is 12.4. The Morgan fingerprint density at radius 1 is 1.22 bits per heavy atom. The van der Waals surface area contributed by atoms with Gasteiger partial charge in [0.25, 0.3) is 11.6 Å². The summed E-state index contributed by atoms with van der Waals surface area (Å²) in [5.41, 5.74) is 2.64. The van der Waals surface area contributed by atoms with Gasteiger partial charge < -0.3 is 4.74 Å². The third-order valence-corrected chi connectivity index (χ3v) is 3.89. The van der Waals surface area contributed by atoms with E-state index in [-0.39, 0.29) is 5.69 Å². The Labute approximate surface area is 158 Å². The Bertz CT molecular complexity index is 829. The molecule has 0 radical (unpaired) electrons. The summed E-state index contributed by atoms with van der Waals surface area (Å²) in [6.07, 6.45) is 3.29. The molecule has 7 nitrogen and oxygen atoms in total. The maximum Gasteiger partial charge on any atom is 0.283 e. The molecule has 0 heterocycles. The predicted octanol–water partition coefficient (Wildman–Crippen LogP) is 3.86. The van der Waals surface area contributed by atoms with Crippen molar-refractivity contribution in [3.63, 3.8) is 0 Å². The summed E-state index contributed by atoms with van der Waals surface area (Å²) in [5.74, 6) is 0.118. The number of aryl methyl sites for hydroxylation is 1. The third-order valence-electron chi connectivity index (χ3n) is 3.89. The fourth-order valence-corrected chi connectivity index (χ4v) is 2.41. The number of hydrogen-bond donors (Lipinski definition) is 1. The Morgan fingerprint density at radius 3 is 2.52 bits per heavy atom. The van der Waals surface area contributed by atoms with Crippen molar-refractivity contribution in [3.8, 4) is 5.75 Å². The van der Waals surface area contributed by atoms with Gasteiger partial charge in [-0.25, -0.2) is 5.43 Å². The van der Waals surface area contributed by atoms with E-state index < -0.39 is 16.4 Å². The number of benzene rings is 2. The molecule has 1 N–H and O–H groups in total. The Morgan fingerprint density at radius 2 is 1.89 bits per heavy atom. The summed E-state index contributed by atoms with van der Waals surface area (Å²) >= 11 is 0. The van der Waals surface area contributed by atoms with Gasteiger partial charge in [-0.1, -0.05) is 37.6 Å². The van der Waals surface area contributed by atoms with Gasteiger partial charge in [-0.3, -0.25) is 14.9 Å². The Kier molecular flexibility index (Phi) is 6.65. The summed E-state index contributed by atoms with van der Waals surface area (Å²) in [6, 6.07) is 13.8. The molecule has 0 saturated carbocycles. The number of rotatable bonds is 8. The van der Waals surface area contributed by atoms with E-state index in [4.69, 9.17) is 4.74 Å². The molecule has 27 heavy (non-hydrogen) atoms. The van der Waals surface area contributed by atoms with E-state index in [2.05, 4.69) is 17.5 Å². The number of nitro groups is 1. The minimum Gasteiger partial charge on any atom is -0.478 e. The number of ether oxygens (including phenoxy) is 1. The van der Waals surface area contributed by atoms with E-state index in [9.17, 15) is 14.9 Å². The largest absolute Gasteiger partial charge is 0.478 e. The summed E-state index contributed by atoms with van der Waals surface area (Å²) in [6.45, 7) is 5.37. The SMILES string of the molecule is CCCc1ccc(OC(C)(C)C(=O)NN=Cc2ccccc2[N+](=O)[O-])cc1. The molecule has 0 aliphatic heterocycles. The van der Waals surface area contributed by atoms with Crippen LogP contribution in [0.2, 0.25) is 0 Å². The molecular formula is C20H23N3O4. The molecule has 1 amide bonds. The standard InChI is InChI=1S/C20H23N3O4/c1-4-7-15-10-12-17(13-11-15)27-20(2,3)19(24)22-21-14-16-8-5-6-9-18(16)23(25)26/h5-6,8-14H,4,7H2,1-3H3,(H,22,24). The number of carbonyl (C=O) groups is 1. The molecule has 0 aliphatic rings. The number of hydrogen-bond acceptors (Lipinski definition) is 5. The smallest absolute Gasteiger partial charge is 0.283 e. The monoisotopic (exact) mass is 369 g/mol. The first-order valence-electron chi connectivity index (χ1n) is 8.68. The van der Waals surface area contributed by atoms with Crippen LogP contribution in [0.15, 0.2) is 53.6 Å². The van der Waals surface area contributed by atoms with Gasteiger partial charge in [0, 0.05) is 6.07 Å². The van der Waals surface area contributed by atoms with Crippen LogP contribution in [0.25, 0.3) is 0 Å². The van der Waals surface area contributed by atoms with Gasteiger partial charge in [0.15, 0.2) is 5.60 Å². The highest BCUT2D eigenvalue weighted by Crippen LogP contribution is 2.20. The summed E-state index contributed by atoms with van der Waals surface area (Å²) in [5, 5.41) is 14.8. The van der Waals surface area contributed by atoms with Gasteiger partial charge in [-0.05, 0) is 44.0 Å². The highest BCUT2D eigenvalue weighted by Gasteiger charge is 2.29. The lowest BCUT2D eigenvalue weighted by atomic mass is 10.1. The molecule has 2 aromatic carbocycles. The molecule has 0 fully saturated rings. The lowest BCUT2D eigenvalue weighted by Gasteiger charge is -2.24. The first-order chi connectivity index (χ1) is 12.8. The molecule has 0 aromatic heterocycles. The maximum absolute atomic E-state index is 12.4. The number of amides is 1. The van der Waals surface area contributed by atoms with Crippen molar-refractivity contribution in [3.05, 3.63) is 69.8 Å². The van der Waals surface area contributed by atoms with Crippen LogP contribution in [0, 0.1) is 10.1 Å². The fourth-order valence-electron chi connectivity index (χ4n) is 2.41. The Balaban J connectivity index is 2.00. The minimum absolute atomic E-state index is 0.0850. The van der Waals surface area contributed by atoms with Gasteiger partial charge >= 0.3 is 0 Å². The number of hydrazone groups is 1. The van der Waals surface area contributed by atoms with Crippen molar-refractivity contribution in [2.45, 2.75) is 39.2 Å². The highest BCUT2D eigenvalue weighted by molar-refractivity contribution is 5.88. The summed E-state index contributed by atoms with van der Waals surface area (Å²) in [4.78, 5) is 22.8. The number of nitro benzene ring substituents is 1. The fraction of sp³-hybridized carbons (Fsp3) is 0.300. The van der Waals surface area contributed by atoms with Crippen LogP contribution in [-0.4, -0.2) is 22.6 Å². The predicted molar refractivity (Wildman–Crippen MR) is 104 cm³/mol. The van der Waals surface area contributed by atoms with E-state index >= 15 is 0 Å². The minimum atomic E-state index is -1.16. The van der Waals surface area contributed by atoms with E-state index in [1.54, 1.807) is 32.0 Å². The van der Waals surface area contributed by atoms with Gasteiger partial charge in [0.1, 0.15) is 5.75 Å². The topological polar surface area (TPSA) is 93.8 Å². The molecule has 142 valence electrons. The van der Waals surface area contributed by atoms with Crippen LogP contribution in [-0.2, 0) is 11.2 Å². The lowest BCUT2D eigenvalue weighted by molar-refractivity contribution is -0.385. The van der Waals surface area contributed by atoms with Crippen molar-refractivity contribution in [2.75, 3.05) is 0 Å². The highest BCUT2D eigenvalue weighted by atomic mass is 16.6. The molecule has 7 heteroatoms. The van der Waals surface area contributed by atoms with Crippen molar-refractivity contribution < 1.29 is 14.5 Å². The summed E-state index contributed by atoms with van der Waals surface area (Å²) < 4.78 is 5.77. The number of carbonyl (C=O) groups excluding carboxylic acids is 1. The zero-order valence-electron chi connectivity index (χ0n) is 15.6. The second kappa shape index (κ2) is 8.93. The second-order valence-electron chi connectivity index (χ2n) is 6.52. The normalized spacial score (nSPS) is 11.4. The van der Waals surface area contributed by atoms with Gasteiger partial charge in [-0.2, -0.15) is 5.10 Å². The lowest BCUT2D eigenvalue weighted by Crippen LogP contribution is -2.44. The Hall–Kier alpha value is -3.22. The number of nitrogens with one attached hydrogen (secondary N) is 1. The van der Waals surface area contributed by atoms with Gasteiger partial charge in [-0.15, -0.1) is 0 Å². The van der Waals surface area contributed by atoms with Crippen LogP contribution in [0.5, 0.6) is 5.75 Å². The molecule has 0 spiro atoms. The molecule has 0 atom stereocenters. The second-order valence-corrected chi connectivity index (χ2v) is 6.52. The van der Waals surface area contributed by atoms with E-state index in [1.165, 1.54) is 17.8 Å². The molecule has 0 aliphatic carbocycles. The number of para-hydroxylation sites is 1. The van der Waals surface area contributed by atoms with Gasteiger partial charge in [0.2, 0.25) is 0 Å². The van der Waals surface area contributed by atoms with Gasteiger partial charge in [0.05, 0.1) is 16.7 Å². The van der Waals surface area contributed by atoms with Crippen molar-refractivity contribution in [2.24, 2.45) is 5.10 Å². The van der Waals surface area contributed by atoms with E-state index in [1.807, 2.05) is 24.3 Å². The molecule has 0 unspecified atom stereocenters. The van der Waals surface area contributed by atoms with Crippen LogP contribution in [0.4, 0.5) is 5.69 Å². The van der Waals surface area contributed by atoms with Crippen LogP contribution in [0.3, 0.4) is 0 Å². The molecule has 0 bridgehead atoms. The number of nitrogens with zero attached hydrogens (tertiary/aromatic N) is 2.